The van der Waals surface area contributed by atoms with E-state index in [4.69, 9.17) is 0 Å². The van der Waals surface area contributed by atoms with Crippen LogP contribution in [0, 0.1) is 0 Å². The summed E-state index contributed by atoms with van der Waals surface area (Å²) in [5.41, 5.74) is 0.556. The van der Waals surface area contributed by atoms with Crippen molar-refractivity contribution < 1.29 is 9.53 Å². The quantitative estimate of drug-likeness (QED) is 0.528. The van der Waals surface area contributed by atoms with Crippen LogP contribution in [0.3, 0.4) is 0 Å². The third-order valence-electron chi connectivity index (χ3n) is 1.22. The lowest BCUT2D eigenvalue weighted by Gasteiger charge is -1.93. The predicted octanol–water partition coefficient (Wildman–Crippen LogP) is 0.693. The highest BCUT2D eigenvalue weighted by Crippen LogP contribution is 2.19. The van der Waals surface area contributed by atoms with Crippen molar-refractivity contribution in [2.75, 3.05) is 12.9 Å². The summed E-state index contributed by atoms with van der Waals surface area (Å²) in [4.78, 5) is 14.9. The molecule has 3 nitrogen and oxygen atoms in total. The summed E-state index contributed by atoms with van der Waals surface area (Å²) < 4.78 is 4.50. The van der Waals surface area contributed by atoms with Crippen molar-refractivity contribution in [2.24, 2.45) is 4.99 Å². The second-order valence-electron chi connectivity index (χ2n) is 1.98. The minimum atomic E-state index is -0.295. The van der Waals surface area contributed by atoms with E-state index in [1.165, 1.54) is 7.11 Å². The summed E-state index contributed by atoms with van der Waals surface area (Å²) in [6.07, 6.45) is 0. The smallest absolute Gasteiger partial charge is 0.352 e. The molecule has 10 heavy (non-hydrogen) atoms. The molecule has 1 aliphatic rings. The van der Waals surface area contributed by atoms with E-state index >= 15 is 0 Å². The number of ether oxygens (including phenoxy) is 1. The van der Waals surface area contributed by atoms with Gasteiger partial charge in [0, 0.05) is 5.75 Å². The summed E-state index contributed by atoms with van der Waals surface area (Å²) >= 11 is 1.64. The second-order valence-corrected chi connectivity index (χ2v) is 3.28. The normalized spacial score (nSPS) is 24.2. The van der Waals surface area contributed by atoms with E-state index in [-0.39, 0.29) is 11.3 Å². The average Bonchev–Trinajstić information content (AvgIpc) is 2.34. The lowest BCUT2D eigenvalue weighted by Crippen LogP contribution is -2.15. The lowest BCUT2D eigenvalue weighted by molar-refractivity contribution is -0.132. The Bertz CT molecular complexity index is 179. The number of esters is 1. The molecule has 0 fully saturated rings. The van der Waals surface area contributed by atoms with Gasteiger partial charge < -0.3 is 4.74 Å². The fourth-order valence-corrected chi connectivity index (χ4v) is 1.52. The Balaban J connectivity index is 2.57. The average molecular weight is 159 g/mol. The summed E-state index contributed by atoms with van der Waals surface area (Å²) in [7, 11) is 1.37. The third-order valence-corrected chi connectivity index (χ3v) is 2.25. The zero-order chi connectivity index (χ0) is 7.56. The van der Waals surface area contributed by atoms with Crippen molar-refractivity contribution >= 4 is 23.4 Å². The van der Waals surface area contributed by atoms with Crippen LogP contribution < -0.4 is 0 Å². The highest BCUT2D eigenvalue weighted by Gasteiger charge is 2.19. The van der Waals surface area contributed by atoms with Crippen LogP contribution in [0.1, 0.15) is 6.92 Å². The number of carbonyl (C=O) groups is 1. The molecule has 0 aromatic heterocycles. The minimum absolute atomic E-state index is 0.217. The molecule has 1 atom stereocenters. The Kier molecular flexibility index (Phi) is 2.32. The van der Waals surface area contributed by atoms with E-state index in [1.807, 2.05) is 6.92 Å². The zero-order valence-electron chi connectivity index (χ0n) is 5.96. The first-order valence-electron chi connectivity index (χ1n) is 3.00. The molecule has 0 saturated carbocycles. The van der Waals surface area contributed by atoms with Gasteiger partial charge in [0.15, 0.2) is 0 Å². The molecular formula is C6H9NO2S. The number of thioether (sulfide) groups is 1. The van der Waals surface area contributed by atoms with Crippen molar-refractivity contribution in [3.8, 4) is 0 Å². The van der Waals surface area contributed by atoms with Crippen molar-refractivity contribution in [1.29, 1.82) is 0 Å². The van der Waals surface area contributed by atoms with Crippen molar-refractivity contribution in [2.45, 2.75) is 12.3 Å². The Labute approximate surface area is 63.9 Å². The topological polar surface area (TPSA) is 38.7 Å². The van der Waals surface area contributed by atoms with Crippen LogP contribution in [0.25, 0.3) is 0 Å². The van der Waals surface area contributed by atoms with Crippen LogP contribution in [0.15, 0.2) is 4.99 Å². The first kappa shape index (κ1) is 7.60. The van der Waals surface area contributed by atoms with Crippen LogP contribution in [0.5, 0.6) is 0 Å². The fourth-order valence-electron chi connectivity index (χ4n) is 0.723. The molecule has 0 radical (unpaired) electrons. The van der Waals surface area contributed by atoms with E-state index in [9.17, 15) is 4.79 Å². The fraction of sp³-hybridized carbons (Fsp3) is 0.667. The first-order valence-corrected chi connectivity index (χ1v) is 4.05. The molecule has 0 bridgehead atoms. The summed E-state index contributed by atoms with van der Waals surface area (Å²) in [5, 5.41) is 0.217. The Morgan fingerprint density at radius 2 is 2.60 bits per heavy atom. The van der Waals surface area contributed by atoms with Crippen LogP contribution in [0.4, 0.5) is 0 Å². The number of methoxy groups -OCH3 is 1. The van der Waals surface area contributed by atoms with Crippen molar-refractivity contribution in [3.63, 3.8) is 0 Å². The Hall–Kier alpha value is -0.510. The van der Waals surface area contributed by atoms with Gasteiger partial charge in [-0.25, -0.2) is 4.79 Å². The Morgan fingerprint density at radius 1 is 1.90 bits per heavy atom. The maximum Gasteiger partial charge on any atom is 0.352 e. The van der Waals surface area contributed by atoms with Gasteiger partial charge in [-0.3, -0.25) is 4.99 Å². The first-order chi connectivity index (χ1) is 4.74. The molecule has 1 rings (SSSR count). The van der Waals surface area contributed by atoms with Gasteiger partial charge in [0.05, 0.1) is 12.5 Å². The molecule has 0 amide bonds. The highest BCUT2D eigenvalue weighted by atomic mass is 32.2. The zero-order valence-corrected chi connectivity index (χ0v) is 6.77. The molecule has 1 aliphatic heterocycles. The molecule has 0 spiro atoms. The van der Waals surface area contributed by atoms with Crippen molar-refractivity contribution in [3.05, 3.63) is 0 Å². The highest BCUT2D eigenvalue weighted by molar-refractivity contribution is 8.01. The number of nitrogens with zero attached hydrogens (tertiary/aromatic N) is 1. The van der Waals surface area contributed by atoms with Gasteiger partial charge >= 0.3 is 5.97 Å². The van der Waals surface area contributed by atoms with Crippen molar-refractivity contribution in [1.82, 2.24) is 0 Å². The molecule has 1 heterocycles. The van der Waals surface area contributed by atoms with Crippen LogP contribution in [-0.4, -0.2) is 29.9 Å². The summed E-state index contributed by atoms with van der Waals surface area (Å²) in [6, 6.07) is 0. The van der Waals surface area contributed by atoms with Gasteiger partial charge in [-0.05, 0) is 6.92 Å². The van der Waals surface area contributed by atoms with Gasteiger partial charge in [-0.1, -0.05) is 0 Å². The molecule has 4 heteroatoms. The second kappa shape index (κ2) is 3.05. The van der Waals surface area contributed by atoms with E-state index in [2.05, 4.69) is 9.73 Å². The lowest BCUT2D eigenvalue weighted by atomic mass is 10.4. The van der Waals surface area contributed by atoms with Gasteiger partial charge in [-0.15, -0.1) is 11.8 Å². The van der Waals surface area contributed by atoms with Crippen LogP contribution >= 0.6 is 11.8 Å². The van der Waals surface area contributed by atoms with Crippen LogP contribution in [-0.2, 0) is 9.53 Å². The van der Waals surface area contributed by atoms with E-state index in [0.29, 0.717) is 11.5 Å². The van der Waals surface area contributed by atoms with E-state index in [0.717, 1.165) is 0 Å². The molecular weight excluding hydrogens is 150 g/mol. The number of rotatable bonds is 1. The summed E-state index contributed by atoms with van der Waals surface area (Å²) in [6.45, 7) is 1.96. The largest absolute Gasteiger partial charge is 0.465 e. The van der Waals surface area contributed by atoms with Gasteiger partial charge in [0.25, 0.3) is 0 Å². The van der Waals surface area contributed by atoms with Gasteiger partial charge in [-0.2, -0.15) is 0 Å². The number of carbonyl (C=O) groups excluding carboxylic acids is 1. The van der Waals surface area contributed by atoms with E-state index < -0.39 is 0 Å². The predicted molar refractivity (Wildman–Crippen MR) is 41.4 cm³/mol. The number of hydrogen-bond donors (Lipinski definition) is 0. The SMILES string of the molecule is COC(=O)C1=N[C@H](C)SC1. The Morgan fingerprint density at radius 3 is 3.00 bits per heavy atom. The number of hydrogen-bond acceptors (Lipinski definition) is 4. The number of aliphatic imine (C=N–C) groups is 1. The maximum absolute atomic E-state index is 10.8. The monoisotopic (exact) mass is 159 g/mol. The molecule has 0 aromatic carbocycles. The van der Waals surface area contributed by atoms with E-state index in [1.54, 1.807) is 11.8 Å². The summed E-state index contributed by atoms with van der Waals surface area (Å²) in [5.74, 6) is 0.394. The molecule has 0 aliphatic carbocycles. The van der Waals surface area contributed by atoms with Crippen LogP contribution in [0.2, 0.25) is 0 Å². The minimum Gasteiger partial charge on any atom is -0.465 e. The molecule has 0 unspecified atom stereocenters. The standard InChI is InChI=1S/C6H9NO2S/c1-4-7-5(3-10-4)6(8)9-2/h4H,3H2,1-2H3/t4-/m0/s1. The molecule has 0 N–H and O–H groups in total. The van der Waals surface area contributed by atoms with Gasteiger partial charge in [0.2, 0.25) is 0 Å². The maximum atomic E-state index is 10.8. The van der Waals surface area contributed by atoms with Gasteiger partial charge in [0.1, 0.15) is 5.71 Å². The molecule has 56 valence electrons. The third kappa shape index (κ3) is 1.50. The molecule has 0 saturated heterocycles. The molecule has 0 aromatic rings.